The Morgan fingerprint density at radius 2 is 1.42 bits per heavy atom. The molecule has 0 radical (unpaired) electrons. The van der Waals surface area contributed by atoms with Crippen LogP contribution in [-0.2, 0) is 10.8 Å². The van der Waals surface area contributed by atoms with Gasteiger partial charge in [-0.2, -0.15) is 0 Å². The lowest BCUT2D eigenvalue weighted by molar-refractivity contribution is 0.562. The van der Waals surface area contributed by atoms with Crippen molar-refractivity contribution in [1.82, 2.24) is 14.5 Å². The van der Waals surface area contributed by atoms with Crippen molar-refractivity contribution in [2.75, 3.05) is 0 Å². The van der Waals surface area contributed by atoms with Gasteiger partial charge in [-0.15, -0.1) is 0 Å². The smallest absolute Gasteiger partial charge is 0.227 e. The van der Waals surface area contributed by atoms with Crippen LogP contribution < -0.4 is 0 Å². The minimum atomic E-state index is -0.113. The Morgan fingerprint density at radius 1 is 0.674 bits per heavy atom. The molecular formula is C39H37N3O. The van der Waals surface area contributed by atoms with Crippen LogP contribution in [0.5, 0.6) is 0 Å². The van der Waals surface area contributed by atoms with Crippen molar-refractivity contribution < 1.29 is 4.42 Å². The number of nitrogens with zero attached hydrogens (tertiary/aromatic N) is 3. The fourth-order valence-electron chi connectivity index (χ4n) is 6.11. The van der Waals surface area contributed by atoms with Gasteiger partial charge in [0.25, 0.3) is 0 Å². The fraction of sp³-hybridized carbons (Fsp3) is 0.231. The van der Waals surface area contributed by atoms with E-state index >= 15 is 0 Å². The van der Waals surface area contributed by atoms with E-state index in [0.717, 1.165) is 55.7 Å². The largest absolute Gasteiger partial charge is 0.437 e. The highest BCUT2D eigenvalue weighted by Crippen LogP contribution is 2.41. The third-order valence-corrected chi connectivity index (χ3v) is 8.42. The molecule has 0 saturated carbocycles. The van der Waals surface area contributed by atoms with Crippen LogP contribution in [0.4, 0.5) is 0 Å². The van der Waals surface area contributed by atoms with Gasteiger partial charge in [0.15, 0.2) is 0 Å². The van der Waals surface area contributed by atoms with Gasteiger partial charge in [0, 0.05) is 21.9 Å². The van der Waals surface area contributed by atoms with Gasteiger partial charge in [-0.05, 0) is 77.1 Å². The number of hydrogen-bond donors (Lipinski definition) is 0. The summed E-state index contributed by atoms with van der Waals surface area (Å²) in [5.74, 6) is 0.860. The van der Waals surface area contributed by atoms with Crippen molar-refractivity contribution in [1.29, 1.82) is 0 Å². The first-order valence-corrected chi connectivity index (χ1v) is 15.0. The molecule has 4 nitrogen and oxygen atoms in total. The van der Waals surface area contributed by atoms with Crippen molar-refractivity contribution in [2.24, 2.45) is 0 Å². The predicted octanol–water partition coefficient (Wildman–Crippen LogP) is 10.6. The second-order valence-corrected chi connectivity index (χ2v) is 13.6. The fourth-order valence-corrected chi connectivity index (χ4v) is 6.11. The molecule has 0 spiro atoms. The number of hydrogen-bond acceptors (Lipinski definition) is 3. The van der Waals surface area contributed by atoms with Crippen LogP contribution in [0.25, 0.3) is 61.3 Å². The molecule has 3 heterocycles. The Bertz CT molecular complexity index is 2150. The average molecular weight is 564 g/mol. The molecule has 4 heteroatoms. The average Bonchev–Trinajstić information content (AvgIpc) is 3.56. The number of fused-ring (bicyclic) bond motifs is 4. The van der Waals surface area contributed by atoms with E-state index in [1.54, 1.807) is 0 Å². The number of rotatable bonds is 3. The Kier molecular flexibility index (Phi) is 6.10. The maximum atomic E-state index is 6.65. The van der Waals surface area contributed by atoms with E-state index in [9.17, 15) is 0 Å². The SMILES string of the molecule is Cc1ccc(-c2nc3ccccc3n2-c2ccc(-c3ccccc3)cc2C(C)(C)C)c2oc3nc(C(C)(C)C)ccc3c12. The quantitative estimate of drug-likeness (QED) is 0.215. The molecule has 7 rings (SSSR count). The van der Waals surface area contributed by atoms with Gasteiger partial charge < -0.3 is 4.42 Å². The van der Waals surface area contributed by atoms with E-state index in [0.29, 0.717) is 5.71 Å². The van der Waals surface area contributed by atoms with Gasteiger partial charge in [0.05, 0.1) is 22.3 Å². The molecule has 4 aromatic carbocycles. The predicted molar refractivity (Wildman–Crippen MR) is 179 cm³/mol. The zero-order chi connectivity index (χ0) is 30.1. The summed E-state index contributed by atoms with van der Waals surface area (Å²) in [6, 6.07) is 34.4. The Morgan fingerprint density at radius 3 is 2.16 bits per heavy atom. The van der Waals surface area contributed by atoms with Crippen LogP contribution in [0.3, 0.4) is 0 Å². The molecule has 0 N–H and O–H groups in total. The number of benzene rings is 4. The van der Waals surface area contributed by atoms with Crippen molar-refractivity contribution in [3.05, 3.63) is 114 Å². The lowest BCUT2D eigenvalue weighted by Gasteiger charge is -2.25. The Labute approximate surface area is 253 Å². The minimum Gasteiger partial charge on any atom is -0.437 e. The van der Waals surface area contributed by atoms with E-state index in [1.807, 2.05) is 0 Å². The van der Waals surface area contributed by atoms with E-state index in [2.05, 4.69) is 150 Å². The van der Waals surface area contributed by atoms with Crippen molar-refractivity contribution in [3.8, 4) is 28.2 Å². The molecule has 0 aliphatic heterocycles. The van der Waals surface area contributed by atoms with Gasteiger partial charge in [-0.25, -0.2) is 9.97 Å². The number of pyridine rings is 1. The molecule has 0 amide bonds. The third-order valence-electron chi connectivity index (χ3n) is 8.42. The first-order valence-electron chi connectivity index (χ1n) is 15.0. The van der Waals surface area contributed by atoms with E-state index in [1.165, 1.54) is 16.7 Å². The summed E-state index contributed by atoms with van der Waals surface area (Å²) in [7, 11) is 0. The van der Waals surface area contributed by atoms with Gasteiger partial charge in [-0.3, -0.25) is 4.57 Å². The summed E-state index contributed by atoms with van der Waals surface area (Å²) >= 11 is 0. The highest BCUT2D eigenvalue weighted by molar-refractivity contribution is 6.10. The van der Waals surface area contributed by atoms with Gasteiger partial charge >= 0.3 is 0 Å². The second kappa shape index (κ2) is 9.67. The van der Waals surface area contributed by atoms with Crippen LogP contribution in [0.1, 0.15) is 58.4 Å². The zero-order valence-electron chi connectivity index (χ0n) is 26.0. The molecule has 0 saturated heterocycles. The second-order valence-electron chi connectivity index (χ2n) is 13.6. The van der Waals surface area contributed by atoms with Crippen LogP contribution in [0.2, 0.25) is 0 Å². The van der Waals surface area contributed by atoms with E-state index in [-0.39, 0.29) is 10.8 Å². The van der Waals surface area contributed by atoms with Crippen molar-refractivity contribution in [2.45, 2.75) is 59.3 Å². The Balaban J connectivity index is 1.53. The molecule has 7 aromatic rings. The molecule has 0 atom stereocenters. The molecule has 43 heavy (non-hydrogen) atoms. The van der Waals surface area contributed by atoms with Crippen LogP contribution >= 0.6 is 0 Å². The number of para-hydroxylation sites is 2. The molecule has 0 fully saturated rings. The molecule has 3 aromatic heterocycles. The standard InChI is InChI=1S/C39H37N3O/c1-24-17-19-28(35-34(24)27-20-22-33(39(5,6)7)41-37(27)43-35)36-40-30-15-11-12-16-32(30)42(36)31-21-18-26(23-29(31)38(2,3)4)25-13-9-8-10-14-25/h8-23H,1-7H3. The number of aromatic nitrogens is 3. The van der Waals surface area contributed by atoms with Crippen LogP contribution in [-0.4, -0.2) is 14.5 Å². The van der Waals surface area contributed by atoms with Crippen LogP contribution in [0, 0.1) is 6.92 Å². The Hall–Kier alpha value is -4.70. The lowest BCUT2D eigenvalue weighted by atomic mass is 9.83. The number of aryl methyl sites for hydroxylation is 1. The lowest BCUT2D eigenvalue weighted by Crippen LogP contribution is -2.16. The molecule has 0 aliphatic carbocycles. The minimum absolute atomic E-state index is 0.0751. The van der Waals surface area contributed by atoms with E-state index in [4.69, 9.17) is 14.4 Å². The maximum Gasteiger partial charge on any atom is 0.227 e. The van der Waals surface area contributed by atoms with Gasteiger partial charge in [0.2, 0.25) is 5.71 Å². The number of imidazole rings is 1. The summed E-state index contributed by atoms with van der Waals surface area (Å²) in [5, 5.41) is 2.13. The monoisotopic (exact) mass is 563 g/mol. The summed E-state index contributed by atoms with van der Waals surface area (Å²) in [6.07, 6.45) is 0. The summed E-state index contributed by atoms with van der Waals surface area (Å²) < 4.78 is 8.97. The van der Waals surface area contributed by atoms with Crippen molar-refractivity contribution >= 4 is 33.1 Å². The molecule has 0 aliphatic rings. The highest BCUT2D eigenvalue weighted by atomic mass is 16.3. The topological polar surface area (TPSA) is 43.9 Å². The molecular weight excluding hydrogens is 526 g/mol. The molecule has 0 unspecified atom stereocenters. The van der Waals surface area contributed by atoms with Gasteiger partial charge in [0.1, 0.15) is 11.4 Å². The highest BCUT2D eigenvalue weighted by Gasteiger charge is 2.26. The normalized spacial score (nSPS) is 12.5. The molecule has 214 valence electrons. The first-order chi connectivity index (χ1) is 20.5. The van der Waals surface area contributed by atoms with Gasteiger partial charge in [-0.1, -0.05) is 96.1 Å². The summed E-state index contributed by atoms with van der Waals surface area (Å²) in [5.41, 5.74) is 11.2. The summed E-state index contributed by atoms with van der Waals surface area (Å²) in [6.45, 7) is 15.5. The van der Waals surface area contributed by atoms with E-state index < -0.39 is 0 Å². The summed E-state index contributed by atoms with van der Waals surface area (Å²) in [4.78, 5) is 10.2. The molecule has 0 bridgehead atoms. The first kappa shape index (κ1) is 27.2. The third kappa shape index (κ3) is 4.53. The maximum absolute atomic E-state index is 6.65. The van der Waals surface area contributed by atoms with Crippen LogP contribution in [0.15, 0.2) is 101 Å². The zero-order valence-corrected chi connectivity index (χ0v) is 26.0. The van der Waals surface area contributed by atoms with Crippen molar-refractivity contribution in [3.63, 3.8) is 0 Å². The number of furan rings is 1.